The SMILES string of the molecule is CC/C=C/CCCC([O-])=NCCN(CCCO)CCC(=O)O.[K+]. The van der Waals surface area contributed by atoms with E-state index in [0.29, 0.717) is 39.0 Å². The zero-order valence-corrected chi connectivity index (χ0v) is 17.7. The third-order valence-corrected chi connectivity index (χ3v) is 3.14. The van der Waals surface area contributed by atoms with E-state index in [1.807, 2.05) is 4.90 Å². The van der Waals surface area contributed by atoms with Gasteiger partial charge < -0.3 is 25.2 Å². The Kier molecular flexibility index (Phi) is 20.6. The van der Waals surface area contributed by atoms with Crippen molar-refractivity contribution in [3.8, 4) is 0 Å². The molecule has 0 aliphatic rings. The van der Waals surface area contributed by atoms with Gasteiger partial charge in [0.05, 0.1) is 13.0 Å². The summed E-state index contributed by atoms with van der Waals surface area (Å²) in [7, 11) is 0. The Morgan fingerprint density at radius 1 is 1.17 bits per heavy atom. The molecule has 0 aromatic rings. The van der Waals surface area contributed by atoms with Crippen molar-refractivity contribution in [1.82, 2.24) is 4.90 Å². The minimum atomic E-state index is -0.845. The molecule has 0 radical (unpaired) electrons. The maximum absolute atomic E-state index is 11.6. The monoisotopic (exact) mass is 352 g/mol. The first-order valence-electron chi connectivity index (χ1n) is 8.00. The molecule has 23 heavy (non-hydrogen) atoms. The molecule has 0 fully saturated rings. The summed E-state index contributed by atoms with van der Waals surface area (Å²) in [5.41, 5.74) is 0. The van der Waals surface area contributed by atoms with Crippen molar-refractivity contribution < 1.29 is 71.5 Å². The molecule has 0 spiro atoms. The molecule has 0 atom stereocenters. The van der Waals surface area contributed by atoms with E-state index >= 15 is 0 Å². The Morgan fingerprint density at radius 2 is 1.91 bits per heavy atom. The van der Waals surface area contributed by atoms with Gasteiger partial charge in [-0.3, -0.25) is 4.79 Å². The van der Waals surface area contributed by atoms with E-state index in [-0.39, 0.29) is 70.3 Å². The summed E-state index contributed by atoms with van der Waals surface area (Å²) in [5, 5.41) is 29.1. The Hall–Kier alpha value is 0.236. The third kappa shape index (κ3) is 18.4. The van der Waals surface area contributed by atoms with Gasteiger partial charge in [0.25, 0.3) is 0 Å². The molecular formula is C16H29KN2O4. The minimum Gasteiger partial charge on any atom is -0.862 e. The average molecular weight is 353 g/mol. The van der Waals surface area contributed by atoms with E-state index < -0.39 is 5.97 Å². The Balaban J connectivity index is 0. The van der Waals surface area contributed by atoms with Crippen molar-refractivity contribution in [2.45, 2.75) is 45.4 Å². The number of carboxylic acid groups (broad SMARTS) is 1. The van der Waals surface area contributed by atoms with Gasteiger partial charge in [0, 0.05) is 26.2 Å². The van der Waals surface area contributed by atoms with Crippen molar-refractivity contribution in [2.24, 2.45) is 4.99 Å². The second kappa shape index (κ2) is 18.6. The molecule has 0 rings (SSSR count). The van der Waals surface area contributed by atoms with Crippen LogP contribution >= 0.6 is 0 Å². The van der Waals surface area contributed by atoms with Crippen molar-refractivity contribution in [3.05, 3.63) is 12.2 Å². The average Bonchev–Trinajstić information content (AvgIpc) is 2.49. The zero-order valence-electron chi connectivity index (χ0n) is 14.5. The van der Waals surface area contributed by atoms with Crippen LogP contribution in [0.3, 0.4) is 0 Å². The number of unbranched alkanes of at least 4 members (excludes halogenated alkanes) is 1. The maximum atomic E-state index is 11.6. The summed E-state index contributed by atoms with van der Waals surface area (Å²) in [6.45, 7) is 4.12. The van der Waals surface area contributed by atoms with Gasteiger partial charge in [-0.25, -0.2) is 0 Å². The zero-order chi connectivity index (χ0) is 16.6. The second-order valence-electron chi connectivity index (χ2n) is 5.11. The smallest absolute Gasteiger partial charge is 0.862 e. The van der Waals surface area contributed by atoms with E-state index in [9.17, 15) is 9.90 Å². The first-order valence-corrected chi connectivity index (χ1v) is 8.00. The predicted octanol–water partition coefficient (Wildman–Crippen LogP) is -1.96. The predicted molar refractivity (Wildman–Crippen MR) is 86.0 cm³/mol. The molecule has 0 saturated carbocycles. The molecular weight excluding hydrogens is 323 g/mol. The van der Waals surface area contributed by atoms with Crippen molar-refractivity contribution in [1.29, 1.82) is 0 Å². The number of hydrogen-bond acceptors (Lipinski definition) is 5. The van der Waals surface area contributed by atoms with E-state index in [0.717, 1.165) is 19.3 Å². The molecule has 0 amide bonds. The first-order chi connectivity index (χ1) is 10.6. The summed E-state index contributed by atoms with van der Waals surface area (Å²) in [4.78, 5) is 16.5. The fraction of sp³-hybridized carbons (Fsp3) is 0.750. The molecule has 0 bridgehead atoms. The number of aliphatic hydroxyl groups excluding tert-OH is 1. The molecule has 7 heteroatoms. The van der Waals surface area contributed by atoms with E-state index in [1.54, 1.807) is 0 Å². The largest absolute Gasteiger partial charge is 1.00 e. The number of carboxylic acids is 1. The van der Waals surface area contributed by atoms with Crippen molar-refractivity contribution in [3.63, 3.8) is 0 Å². The molecule has 0 unspecified atom stereocenters. The minimum absolute atomic E-state index is 0. The summed E-state index contributed by atoms with van der Waals surface area (Å²) >= 11 is 0. The van der Waals surface area contributed by atoms with Gasteiger partial charge in [0.2, 0.25) is 0 Å². The number of aliphatic imine (C=N–C) groups is 1. The van der Waals surface area contributed by atoms with Gasteiger partial charge in [-0.15, -0.1) is 0 Å². The van der Waals surface area contributed by atoms with Crippen LogP contribution in [0.15, 0.2) is 17.1 Å². The molecule has 0 heterocycles. The van der Waals surface area contributed by atoms with Crippen LogP contribution in [0, 0.1) is 0 Å². The Labute approximate surface area is 182 Å². The fourth-order valence-corrected chi connectivity index (χ4v) is 1.93. The number of aliphatic carboxylic acids is 1. The number of nitrogens with zero attached hydrogens (tertiary/aromatic N) is 2. The molecule has 128 valence electrons. The van der Waals surface area contributed by atoms with Crippen LogP contribution in [0.2, 0.25) is 0 Å². The number of carbonyl (C=O) groups is 1. The van der Waals surface area contributed by atoms with Gasteiger partial charge in [0.15, 0.2) is 0 Å². The van der Waals surface area contributed by atoms with Gasteiger partial charge in [-0.05, 0) is 38.0 Å². The topological polar surface area (TPSA) is 96.2 Å². The van der Waals surface area contributed by atoms with Gasteiger partial charge in [0.1, 0.15) is 0 Å². The van der Waals surface area contributed by atoms with Crippen molar-refractivity contribution >= 4 is 11.9 Å². The number of rotatable bonds is 14. The van der Waals surface area contributed by atoms with Gasteiger partial charge >= 0.3 is 57.4 Å². The molecule has 0 aromatic heterocycles. The molecule has 0 saturated heterocycles. The van der Waals surface area contributed by atoms with E-state index in [2.05, 4.69) is 24.1 Å². The Bertz CT molecular complexity index is 349. The van der Waals surface area contributed by atoms with Crippen LogP contribution in [0.4, 0.5) is 0 Å². The van der Waals surface area contributed by atoms with E-state index in [4.69, 9.17) is 10.2 Å². The number of hydrogen-bond donors (Lipinski definition) is 2. The van der Waals surface area contributed by atoms with E-state index in [1.165, 1.54) is 0 Å². The van der Waals surface area contributed by atoms with Crippen LogP contribution in [0.25, 0.3) is 0 Å². The summed E-state index contributed by atoms with van der Waals surface area (Å²) in [5.74, 6) is -0.938. The second-order valence-corrected chi connectivity index (χ2v) is 5.11. The third-order valence-electron chi connectivity index (χ3n) is 3.14. The quantitative estimate of drug-likeness (QED) is 0.124. The first kappa shape index (κ1) is 25.5. The molecule has 0 aliphatic carbocycles. The molecule has 2 N–H and O–H groups in total. The number of allylic oxidation sites excluding steroid dienone is 2. The standard InChI is InChI=1S/C16H30N2O4.K/c1-2-3-4-5-6-8-15(20)17-10-13-18(11-7-14-19)12-9-16(21)22;/h3-4,19H,2,5-14H2,1H3,(H,17,20)(H,21,22);/q;+1/p-1/b4-3+;. The molecule has 0 aromatic carbocycles. The van der Waals surface area contributed by atoms with Gasteiger partial charge in [-0.2, -0.15) is 0 Å². The molecule has 6 nitrogen and oxygen atoms in total. The number of aliphatic hydroxyl groups is 1. The van der Waals surface area contributed by atoms with Crippen LogP contribution in [0.5, 0.6) is 0 Å². The summed E-state index contributed by atoms with van der Waals surface area (Å²) in [6, 6.07) is 0. The maximum Gasteiger partial charge on any atom is 1.00 e. The Morgan fingerprint density at radius 3 is 2.52 bits per heavy atom. The summed E-state index contributed by atoms with van der Waals surface area (Å²) in [6.07, 6.45) is 8.00. The van der Waals surface area contributed by atoms with Crippen LogP contribution in [0.1, 0.15) is 45.4 Å². The van der Waals surface area contributed by atoms with Gasteiger partial charge in [-0.1, -0.05) is 19.1 Å². The summed E-state index contributed by atoms with van der Waals surface area (Å²) < 4.78 is 0. The van der Waals surface area contributed by atoms with Crippen LogP contribution < -0.4 is 56.5 Å². The fourth-order valence-electron chi connectivity index (χ4n) is 1.93. The normalized spacial score (nSPS) is 11.9. The van der Waals surface area contributed by atoms with Crippen molar-refractivity contribution in [2.75, 3.05) is 32.8 Å². The molecule has 0 aliphatic heterocycles. The van der Waals surface area contributed by atoms with Crippen LogP contribution in [-0.4, -0.2) is 59.8 Å². The van der Waals surface area contributed by atoms with Crippen LogP contribution in [-0.2, 0) is 4.79 Å².